The Morgan fingerprint density at radius 1 is 1.17 bits per heavy atom. The van der Waals surface area contributed by atoms with E-state index in [1.807, 2.05) is 24.3 Å². The summed E-state index contributed by atoms with van der Waals surface area (Å²) in [5.74, 6) is 0.121. The number of carbonyl (C=O) groups excluding carboxylic acids is 1. The van der Waals surface area contributed by atoms with Crippen LogP contribution in [0.2, 0.25) is 0 Å². The molecule has 0 radical (unpaired) electrons. The van der Waals surface area contributed by atoms with Crippen LogP contribution in [0.5, 0.6) is 0 Å². The summed E-state index contributed by atoms with van der Waals surface area (Å²) < 4.78 is 1.06. The summed E-state index contributed by atoms with van der Waals surface area (Å²) in [6, 6.07) is 7.94. The van der Waals surface area contributed by atoms with Crippen molar-refractivity contribution in [2.45, 2.75) is 32.6 Å². The monoisotopic (exact) mass is 312 g/mol. The van der Waals surface area contributed by atoms with Gasteiger partial charge in [0.05, 0.1) is 0 Å². The Bertz CT molecular complexity index is 351. The molecule has 1 aromatic carbocycles. The Kier molecular flexibility index (Phi) is 7.49. The van der Waals surface area contributed by atoms with Crippen molar-refractivity contribution in [1.29, 1.82) is 0 Å². The van der Waals surface area contributed by atoms with Gasteiger partial charge in [-0.1, -0.05) is 35.7 Å². The van der Waals surface area contributed by atoms with Crippen LogP contribution < -0.4 is 10.6 Å². The summed E-state index contributed by atoms with van der Waals surface area (Å²) in [7, 11) is 0. The lowest BCUT2D eigenvalue weighted by Gasteiger charge is -2.07. The number of anilines is 1. The Balaban J connectivity index is 2.10. The number of carbonyl (C=O) groups is 1. The molecular weight excluding hydrogens is 292 g/mol. The second kappa shape index (κ2) is 8.97. The Labute approximate surface area is 117 Å². The highest BCUT2D eigenvalue weighted by atomic mass is 79.9. The first-order valence-corrected chi connectivity index (χ1v) is 7.28. The van der Waals surface area contributed by atoms with Gasteiger partial charge in [0.15, 0.2) is 0 Å². The molecule has 0 spiro atoms. The Morgan fingerprint density at radius 2 is 1.89 bits per heavy atom. The van der Waals surface area contributed by atoms with Crippen molar-refractivity contribution < 1.29 is 4.79 Å². The van der Waals surface area contributed by atoms with E-state index in [1.165, 1.54) is 12.8 Å². The summed E-state index contributed by atoms with van der Waals surface area (Å²) in [4.78, 5) is 11.5. The molecule has 100 valence electrons. The van der Waals surface area contributed by atoms with Crippen LogP contribution >= 0.6 is 15.9 Å². The Hall–Kier alpha value is -1.03. The second-order valence-corrected chi connectivity index (χ2v) is 5.16. The van der Waals surface area contributed by atoms with Gasteiger partial charge in [-0.3, -0.25) is 4.79 Å². The molecule has 2 N–H and O–H groups in total. The third-order valence-electron chi connectivity index (χ3n) is 2.63. The minimum Gasteiger partial charge on any atom is -0.385 e. The van der Waals surface area contributed by atoms with Crippen molar-refractivity contribution >= 4 is 27.5 Å². The number of unbranched alkanes of at least 4 members (excludes halogenated alkanes) is 2. The zero-order chi connectivity index (χ0) is 13.2. The van der Waals surface area contributed by atoms with Crippen molar-refractivity contribution in [3.05, 3.63) is 28.7 Å². The fourth-order valence-corrected chi connectivity index (χ4v) is 1.84. The summed E-state index contributed by atoms with van der Waals surface area (Å²) in [6.45, 7) is 3.62. The lowest BCUT2D eigenvalue weighted by Crippen LogP contribution is -2.26. The molecule has 1 aromatic rings. The molecule has 3 nitrogen and oxygen atoms in total. The maximum absolute atomic E-state index is 11.5. The number of amides is 1. The minimum atomic E-state index is 0.121. The lowest BCUT2D eigenvalue weighted by molar-refractivity contribution is -0.120. The summed E-state index contributed by atoms with van der Waals surface area (Å²) in [5.41, 5.74) is 1.04. The van der Waals surface area contributed by atoms with Gasteiger partial charge in [-0.05, 0) is 30.7 Å². The van der Waals surface area contributed by atoms with E-state index in [0.717, 1.165) is 23.1 Å². The molecule has 1 rings (SSSR count). The SMILES string of the molecule is CCCCCNC(=O)CCNc1ccc(Br)cc1. The highest BCUT2D eigenvalue weighted by molar-refractivity contribution is 9.10. The number of nitrogens with one attached hydrogen (secondary N) is 2. The average Bonchev–Trinajstić information content (AvgIpc) is 2.37. The standard InChI is InChI=1S/C14H21BrN2O/c1-2-3-4-10-17-14(18)9-11-16-13-7-5-12(15)6-8-13/h5-8,16H,2-4,9-11H2,1H3,(H,17,18). The fraction of sp³-hybridized carbons (Fsp3) is 0.500. The maximum Gasteiger partial charge on any atom is 0.221 e. The Morgan fingerprint density at radius 3 is 2.56 bits per heavy atom. The van der Waals surface area contributed by atoms with Crippen LogP contribution in [0.25, 0.3) is 0 Å². The van der Waals surface area contributed by atoms with Gasteiger partial charge in [-0.2, -0.15) is 0 Å². The topological polar surface area (TPSA) is 41.1 Å². The normalized spacial score (nSPS) is 10.1. The first-order chi connectivity index (χ1) is 8.72. The lowest BCUT2D eigenvalue weighted by atomic mass is 10.2. The van der Waals surface area contributed by atoms with Gasteiger partial charge < -0.3 is 10.6 Å². The van der Waals surface area contributed by atoms with Crippen molar-refractivity contribution in [2.75, 3.05) is 18.4 Å². The van der Waals surface area contributed by atoms with E-state index in [9.17, 15) is 4.79 Å². The number of rotatable bonds is 8. The van der Waals surface area contributed by atoms with Crippen LogP contribution in [0, 0.1) is 0 Å². The molecule has 0 heterocycles. The van der Waals surface area contributed by atoms with E-state index in [0.29, 0.717) is 13.0 Å². The summed E-state index contributed by atoms with van der Waals surface area (Å²) >= 11 is 3.39. The van der Waals surface area contributed by atoms with Crippen LogP contribution in [-0.2, 0) is 4.79 Å². The third kappa shape index (κ3) is 6.64. The van der Waals surface area contributed by atoms with Crippen LogP contribution in [0.1, 0.15) is 32.6 Å². The van der Waals surface area contributed by atoms with Crippen LogP contribution in [-0.4, -0.2) is 19.0 Å². The van der Waals surface area contributed by atoms with Gasteiger partial charge in [-0.15, -0.1) is 0 Å². The number of benzene rings is 1. The number of halogens is 1. The molecule has 18 heavy (non-hydrogen) atoms. The van der Waals surface area contributed by atoms with E-state index in [1.54, 1.807) is 0 Å². The highest BCUT2D eigenvalue weighted by Gasteiger charge is 2.00. The molecule has 0 aliphatic heterocycles. The van der Waals surface area contributed by atoms with Crippen LogP contribution in [0.3, 0.4) is 0 Å². The van der Waals surface area contributed by atoms with Crippen LogP contribution in [0.4, 0.5) is 5.69 Å². The quantitative estimate of drug-likeness (QED) is 0.721. The summed E-state index contributed by atoms with van der Waals surface area (Å²) in [6.07, 6.45) is 3.95. The molecule has 0 atom stereocenters. The molecule has 0 fully saturated rings. The predicted molar refractivity (Wildman–Crippen MR) is 79.8 cm³/mol. The third-order valence-corrected chi connectivity index (χ3v) is 3.16. The van der Waals surface area contributed by atoms with Gasteiger partial charge >= 0.3 is 0 Å². The van der Waals surface area contributed by atoms with E-state index in [2.05, 4.69) is 33.5 Å². The molecule has 0 aromatic heterocycles. The average molecular weight is 313 g/mol. The van der Waals surface area contributed by atoms with Gasteiger partial charge in [0.2, 0.25) is 5.91 Å². The smallest absolute Gasteiger partial charge is 0.221 e. The number of hydrogen-bond acceptors (Lipinski definition) is 2. The van der Waals surface area contributed by atoms with Crippen LogP contribution in [0.15, 0.2) is 28.7 Å². The van der Waals surface area contributed by atoms with Crippen molar-refractivity contribution in [2.24, 2.45) is 0 Å². The number of hydrogen-bond donors (Lipinski definition) is 2. The van der Waals surface area contributed by atoms with Gasteiger partial charge in [0.25, 0.3) is 0 Å². The van der Waals surface area contributed by atoms with E-state index >= 15 is 0 Å². The molecule has 4 heteroatoms. The molecular formula is C14H21BrN2O. The van der Waals surface area contributed by atoms with Gasteiger partial charge in [-0.25, -0.2) is 0 Å². The zero-order valence-corrected chi connectivity index (χ0v) is 12.4. The molecule has 0 unspecified atom stereocenters. The molecule has 1 amide bonds. The summed E-state index contributed by atoms with van der Waals surface area (Å²) in [5, 5.41) is 6.15. The van der Waals surface area contributed by atoms with Crippen molar-refractivity contribution in [3.63, 3.8) is 0 Å². The first-order valence-electron chi connectivity index (χ1n) is 6.48. The predicted octanol–water partition coefficient (Wildman–Crippen LogP) is 3.56. The van der Waals surface area contributed by atoms with Gasteiger partial charge in [0.1, 0.15) is 0 Å². The van der Waals surface area contributed by atoms with Gasteiger partial charge in [0, 0.05) is 29.7 Å². The second-order valence-electron chi connectivity index (χ2n) is 4.24. The van der Waals surface area contributed by atoms with E-state index in [4.69, 9.17) is 0 Å². The molecule has 0 saturated heterocycles. The van der Waals surface area contributed by atoms with E-state index in [-0.39, 0.29) is 5.91 Å². The maximum atomic E-state index is 11.5. The largest absolute Gasteiger partial charge is 0.385 e. The van der Waals surface area contributed by atoms with Crippen molar-refractivity contribution in [1.82, 2.24) is 5.32 Å². The van der Waals surface area contributed by atoms with E-state index < -0.39 is 0 Å². The zero-order valence-electron chi connectivity index (χ0n) is 10.8. The highest BCUT2D eigenvalue weighted by Crippen LogP contribution is 2.13. The molecule has 0 aliphatic rings. The molecule has 0 aliphatic carbocycles. The van der Waals surface area contributed by atoms with Crippen molar-refractivity contribution in [3.8, 4) is 0 Å². The molecule has 0 bridgehead atoms. The first kappa shape index (κ1) is 15.0. The fourth-order valence-electron chi connectivity index (χ4n) is 1.58. The molecule has 0 saturated carbocycles. The minimum absolute atomic E-state index is 0.121.